The van der Waals surface area contributed by atoms with Crippen LogP contribution < -0.4 is 4.74 Å². The maximum atomic E-state index is 13.5. The summed E-state index contributed by atoms with van der Waals surface area (Å²) in [6.07, 6.45) is 0.644. The van der Waals surface area contributed by atoms with E-state index in [1.807, 2.05) is 71.6 Å². The molecule has 1 aliphatic rings. The van der Waals surface area contributed by atoms with Crippen molar-refractivity contribution in [3.05, 3.63) is 101 Å². The Morgan fingerprint density at radius 2 is 1.61 bits per heavy atom. The van der Waals surface area contributed by atoms with Crippen LogP contribution in [0.5, 0.6) is 5.75 Å². The Morgan fingerprint density at radius 1 is 0.895 bits per heavy atom. The molecule has 1 amide bonds. The molecule has 7 nitrogen and oxygen atoms in total. The fraction of sp³-hybridized carbons (Fsp3) is 0.300. The lowest BCUT2D eigenvalue weighted by atomic mass is 10.1. The maximum Gasteiger partial charge on any atom is 0.254 e. The second-order valence-corrected chi connectivity index (χ2v) is 10.2. The van der Waals surface area contributed by atoms with Gasteiger partial charge in [-0.1, -0.05) is 79.3 Å². The average molecular weight is 528 g/mol. The molecule has 196 valence electrons. The number of likely N-dealkylation sites (N-methyl/N-ethyl adjacent to an activating group) is 1. The molecule has 1 aromatic heterocycles. The highest BCUT2D eigenvalue weighted by molar-refractivity contribution is 7.98. The van der Waals surface area contributed by atoms with Crippen LogP contribution in [-0.2, 0) is 12.2 Å². The van der Waals surface area contributed by atoms with Crippen LogP contribution in [0.3, 0.4) is 0 Å². The van der Waals surface area contributed by atoms with Gasteiger partial charge in [0.1, 0.15) is 11.6 Å². The number of carbonyl (C=O) groups excluding carboxylic acids is 1. The number of thioether (sulfide) groups is 1. The van der Waals surface area contributed by atoms with E-state index >= 15 is 0 Å². The SMILES string of the molecule is CCN1CCN(C(=O)c2ccccc2CSc2nnc(Cc3ccccc3)n2-c2ccccc2OC)CC1. The number of methoxy groups -OCH3 is 1. The van der Waals surface area contributed by atoms with E-state index in [2.05, 4.69) is 38.7 Å². The predicted octanol–water partition coefficient (Wildman–Crippen LogP) is 4.94. The summed E-state index contributed by atoms with van der Waals surface area (Å²) in [6.45, 7) is 6.56. The van der Waals surface area contributed by atoms with Crippen LogP contribution in [0.2, 0.25) is 0 Å². The van der Waals surface area contributed by atoms with Gasteiger partial charge in [-0.2, -0.15) is 0 Å². The first kappa shape index (κ1) is 26.0. The van der Waals surface area contributed by atoms with Crippen LogP contribution in [0, 0.1) is 0 Å². The Labute approximate surface area is 228 Å². The second kappa shape index (κ2) is 12.3. The number of carbonyl (C=O) groups is 1. The van der Waals surface area contributed by atoms with Gasteiger partial charge in [0.05, 0.1) is 12.8 Å². The molecule has 3 aromatic carbocycles. The minimum atomic E-state index is 0.105. The Kier molecular flexibility index (Phi) is 8.41. The van der Waals surface area contributed by atoms with E-state index in [-0.39, 0.29) is 5.91 Å². The van der Waals surface area contributed by atoms with Crippen LogP contribution in [-0.4, -0.2) is 70.3 Å². The third-order valence-corrected chi connectivity index (χ3v) is 7.92. The van der Waals surface area contributed by atoms with Gasteiger partial charge in [-0.3, -0.25) is 9.36 Å². The maximum absolute atomic E-state index is 13.5. The van der Waals surface area contributed by atoms with Gasteiger partial charge in [0, 0.05) is 43.9 Å². The number of para-hydroxylation sites is 2. The zero-order valence-electron chi connectivity index (χ0n) is 21.9. The first-order valence-electron chi connectivity index (χ1n) is 13.0. The first-order valence-corrected chi connectivity index (χ1v) is 14.0. The molecule has 0 unspecified atom stereocenters. The van der Waals surface area contributed by atoms with Gasteiger partial charge in [-0.15, -0.1) is 10.2 Å². The highest BCUT2D eigenvalue weighted by atomic mass is 32.2. The number of amides is 1. The molecule has 0 spiro atoms. The molecule has 0 atom stereocenters. The van der Waals surface area contributed by atoms with E-state index in [0.29, 0.717) is 12.2 Å². The molecule has 0 N–H and O–H groups in total. The van der Waals surface area contributed by atoms with Crippen LogP contribution >= 0.6 is 11.8 Å². The minimum absolute atomic E-state index is 0.105. The Balaban J connectivity index is 1.41. The molecule has 4 aromatic rings. The van der Waals surface area contributed by atoms with Gasteiger partial charge in [0.15, 0.2) is 5.16 Å². The van der Waals surface area contributed by atoms with Crippen LogP contribution in [0.4, 0.5) is 0 Å². The number of ether oxygens (including phenoxy) is 1. The number of piperazine rings is 1. The lowest BCUT2D eigenvalue weighted by molar-refractivity contribution is 0.0642. The van der Waals surface area contributed by atoms with Gasteiger partial charge in [0.2, 0.25) is 0 Å². The molecule has 8 heteroatoms. The summed E-state index contributed by atoms with van der Waals surface area (Å²) in [5.74, 6) is 2.30. The van der Waals surface area contributed by atoms with Gasteiger partial charge in [-0.05, 0) is 35.9 Å². The molecule has 5 rings (SSSR count). The van der Waals surface area contributed by atoms with Crippen LogP contribution in [0.1, 0.15) is 34.2 Å². The smallest absolute Gasteiger partial charge is 0.254 e. The summed E-state index contributed by atoms with van der Waals surface area (Å²) < 4.78 is 7.76. The normalized spacial score (nSPS) is 14.0. The zero-order chi connectivity index (χ0) is 26.3. The van der Waals surface area contributed by atoms with E-state index in [0.717, 1.165) is 71.8 Å². The summed E-state index contributed by atoms with van der Waals surface area (Å²) in [5.41, 5.74) is 3.82. The first-order chi connectivity index (χ1) is 18.7. The third kappa shape index (κ3) is 5.76. The third-order valence-electron chi connectivity index (χ3n) is 6.94. The minimum Gasteiger partial charge on any atom is -0.495 e. The van der Waals surface area contributed by atoms with Gasteiger partial charge >= 0.3 is 0 Å². The summed E-state index contributed by atoms with van der Waals surface area (Å²) in [4.78, 5) is 17.8. The molecule has 2 heterocycles. The number of benzene rings is 3. The van der Waals surface area contributed by atoms with Crippen LogP contribution in [0.15, 0.2) is 84.0 Å². The highest BCUT2D eigenvalue weighted by Gasteiger charge is 2.24. The van der Waals surface area contributed by atoms with E-state index in [9.17, 15) is 4.79 Å². The summed E-state index contributed by atoms with van der Waals surface area (Å²) in [5, 5.41) is 9.92. The topological polar surface area (TPSA) is 63.5 Å². The molecular weight excluding hydrogens is 494 g/mol. The standard InChI is InChI=1S/C30H33N5O2S/c1-3-33-17-19-34(20-18-33)29(36)25-14-8-7-13-24(25)22-38-30-32-31-28(21-23-11-5-4-6-12-23)35(30)26-15-9-10-16-27(26)37-2/h4-16H,3,17-22H2,1-2H3. The van der Waals surface area contributed by atoms with Crippen molar-refractivity contribution in [2.45, 2.75) is 24.3 Å². The fourth-order valence-corrected chi connectivity index (χ4v) is 5.75. The van der Waals surface area contributed by atoms with Gasteiger partial charge < -0.3 is 14.5 Å². The number of aromatic nitrogens is 3. The van der Waals surface area contributed by atoms with Crippen molar-refractivity contribution in [3.8, 4) is 11.4 Å². The largest absolute Gasteiger partial charge is 0.495 e. The number of hydrogen-bond donors (Lipinski definition) is 0. The van der Waals surface area contributed by atoms with Gasteiger partial charge in [0.25, 0.3) is 5.91 Å². The van der Waals surface area contributed by atoms with E-state index < -0.39 is 0 Å². The summed E-state index contributed by atoms with van der Waals surface area (Å²) in [7, 11) is 1.68. The summed E-state index contributed by atoms with van der Waals surface area (Å²) in [6, 6.07) is 26.1. The highest BCUT2D eigenvalue weighted by Crippen LogP contribution is 2.31. The quantitative estimate of drug-likeness (QED) is 0.288. The Hall–Kier alpha value is -3.62. The predicted molar refractivity (Wildman–Crippen MR) is 151 cm³/mol. The molecule has 0 saturated carbocycles. The number of rotatable bonds is 9. The zero-order valence-corrected chi connectivity index (χ0v) is 22.7. The number of nitrogens with zero attached hydrogens (tertiary/aromatic N) is 5. The monoisotopic (exact) mass is 527 g/mol. The van der Waals surface area contributed by atoms with E-state index in [4.69, 9.17) is 4.74 Å². The second-order valence-electron chi connectivity index (χ2n) is 9.24. The molecular formula is C30H33N5O2S. The van der Waals surface area contributed by atoms with Crippen molar-refractivity contribution in [1.29, 1.82) is 0 Å². The molecule has 1 saturated heterocycles. The van der Waals surface area contributed by atoms with Crippen molar-refractivity contribution < 1.29 is 9.53 Å². The molecule has 1 fully saturated rings. The van der Waals surface area contributed by atoms with Crippen molar-refractivity contribution in [1.82, 2.24) is 24.6 Å². The van der Waals surface area contributed by atoms with Crippen molar-refractivity contribution in [3.63, 3.8) is 0 Å². The summed E-state index contributed by atoms with van der Waals surface area (Å²) >= 11 is 1.58. The Morgan fingerprint density at radius 3 is 2.37 bits per heavy atom. The lowest BCUT2D eigenvalue weighted by Crippen LogP contribution is -2.48. The van der Waals surface area contributed by atoms with Gasteiger partial charge in [-0.25, -0.2) is 0 Å². The van der Waals surface area contributed by atoms with E-state index in [1.54, 1.807) is 18.9 Å². The van der Waals surface area contributed by atoms with Crippen molar-refractivity contribution in [2.24, 2.45) is 0 Å². The fourth-order valence-electron chi connectivity index (χ4n) is 4.78. The molecule has 0 aliphatic carbocycles. The molecule has 1 aliphatic heterocycles. The Bertz CT molecular complexity index is 1370. The van der Waals surface area contributed by atoms with Crippen molar-refractivity contribution in [2.75, 3.05) is 39.8 Å². The lowest BCUT2D eigenvalue weighted by Gasteiger charge is -2.34. The number of hydrogen-bond acceptors (Lipinski definition) is 6. The molecule has 0 radical (unpaired) electrons. The van der Waals surface area contributed by atoms with E-state index in [1.165, 1.54) is 0 Å². The molecule has 38 heavy (non-hydrogen) atoms. The molecule has 0 bridgehead atoms. The van der Waals surface area contributed by atoms with Crippen molar-refractivity contribution >= 4 is 17.7 Å². The average Bonchev–Trinajstić information content (AvgIpc) is 3.38. The van der Waals surface area contributed by atoms with Crippen LogP contribution in [0.25, 0.3) is 5.69 Å².